The fraction of sp³-hybridized carbons (Fsp3) is 0.375. The van der Waals surface area contributed by atoms with E-state index in [0.717, 1.165) is 28.6 Å². The van der Waals surface area contributed by atoms with E-state index >= 15 is 0 Å². The van der Waals surface area contributed by atoms with Crippen molar-refractivity contribution < 1.29 is 18.6 Å². The van der Waals surface area contributed by atoms with Crippen molar-refractivity contribution in [3.05, 3.63) is 41.3 Å². The van der Waals surface area contributed by atoms with Gasteiger partial charge in [0.05, 0.1) is 33.4 Å². The van der Waals surface area contributed by atoms with Gasteiger partial charge in [-0.2, -0.15) is 0 Å². The summed E-state index contributed by atoms with van der Waals surface area (Å²) in [6.45, 7) is 3.18. The minimum absolute atomic E-state index is 0.607. The fourth-order valence-corrected chi connectivity index (χ4v) is 2.14. The molecule has 2 rings (SSSR count). The molecule has 0 bridgehead atoms. The predicted molar refractivity (Wildman–Crippen MR) is 80.1 cm³/mol. The van der Waals surface area contributed by atoms with E-state index in [2.05, 4.69) is 5.32 Å². The Morgan fingerprint density at radius 2 is 1.62 bits per heavy atom. The van der Waals surface area contributed by atoms with Crippen molar-refractivity contribution in [2.24, 2.45) is 0 Å². The van der Waals surface area contributed by atoms with Crippen LogP contribution in [0, 0.1) is 6.92 Å². The number of methoxy groups -OCH3 is 3. The lowest BCUT2D eigenvalue weighted by Gasteiger charge is -2.15. The minimum atomic E-state index is 0.607. The third-order valence-electron chi connectivity index (χ3n) is 3.21. The van der Waals surface area contributed by atoms with Gasteiger partial charge in [0.15, 0.2) is 0 Å². The minimum Gasteiger partial charge on any atom is -0.496 e. The maximum absolute atomic E-state index is 5.53. The van der Waals surface area contributed by atoms with Gasteiger partial charge in [-0.15, -0.1) is 0 Å². The number of furan rings is 1. The molecule has 0 amide bonds. The number of hydrogen-bond acceptors (Lipinski definition) is 5. The van der Waals surface area contributed by atoms with Crippen LogP contribution in [0.25, 0.3) is 0 Å². The molecule has 21 heavy (non-hydrogen) atoms. The fourth-order valence-electron chi connectivity index (χ4n) is 2.14. The summed E-state index contributed by atoms with van der Waals surface area (Å²) in [6, 6.07) is 7.60. The third kappa shape index (κ3) is 3.70. The molecule has 0 spiro atoms. The Bertz CT molecular complexity index is 567. The van der Waals surface area contributed by atoms with E-state index in [1.807, 2.05) is 31.2 Å². The second-order valence-electron chi connectivity index (χ2n) is 4.63. The summed E-state index contributed by atoms with van der Waals surface area (Å²) < 4.78 is 21.6. The van der Waals surface area contributed by atoms with Gasteiger partial charge < -0.3 is 23.9 Å². The Morgan fingerprint density at radius 1 is 0.952 bits per heavy atom. The number of hydrogen-bond donors (Lipinski definition) is 1. The highest BCUT2D eigenvalue weighted by molar-refractivity contribution is 5.50. The number of aryl methyl sites for hydroxylation is 1. The molecule has 1 N–H and O–H groups in total. The van der Waals surface area contributed by atoms with Crippen molar-refractivity contribution in [3.63, 3.8) is 0 Å². The molecule has 0 fully saturated rings. The van der Waals surface area contributed by atoms with Crippen LogP contribution < -0.4 is 19.5 Å². The van der Waals surface area contributed by atoms with Crippen molar-refractivity contribution in [3.8, 4) is 17.2 Å². The molecular formula is C16H21NO4. The first-order valence-corrected chi connectivity index (χ1v) is 6.72. The van der Waals surface area contributed by atoms with E-state index < -0.39 is 0 Å². The summed E-state index contributed by atoms with van der Waals surface area (Å²) >= 11 is 0. The first-order valence-electron chi connectivity index (χ1n) is 6.72. The molecule has 1 aromatic carbocycles. The molecule has 0 atom stereocenters. The van der Waals surface area contributed by atoms with Gasteiger partial charge in [-0.25, -0.2) is 0 Å². The van der Waals surface area contributed by atoms with Crippen LogP contribution in [0.1, 0.15) is 17.1 Å². The monoisotopic (exact) mass is 291 g/mol. The van der Waals surface area contributed by atoms with Gasteiger partial charge >= 0.3 is 0 Å². The highest BCUT2D eigenvalue weighted by Crippen LogP contribution is 2.33. The van der Waals surface area contributed by atoms with Crippen LogP contribution in [-0.4, -0.2) is 21.3 Å². The van der Waals surface area contributed by atoms with Crippen LogP contribution in [0.5, 0.6) is 17.2 Å². The first kappa shape index (κ1) is 15.3. The maximum atomic E-state index is 5.53. The van der Waals surface area contributed by atoms with Crippen LogP contribution >= 0.6 is 0 Å². The highest BCUT2D eigenvalue weighted by atomic mass is 16.5. The zero-order valence-electron chi connectivity index (χ0n) is 12.9. The lowest BCUT2D eigenvalue weighted by Crippen LogP contribution is -2.14. The number of nitrogens with one attached hydrogen (secondary N) is 1. The zero-order chi connectivity index (χ0) is 15.2. The Kier molecular flexibility index (Phi) is 5.11. The largest absolute Gasteiger partial charge is 0.496 e. The predicted octanol–water partition coefficient (Wildman–Crippen LogP) is 2.90. The first-order chi connectivity index (χ1) is 10.2. The van der Waals surface area contributed by atoms with Crippen LogP contribution in [0.3, 0.4) is 0 Å². The molecule has 2 aromatic rings. The molecule has 0 saturated carbocycles. The molecule has 5 nitrogen and oxygen atoms in total. The number of rotatable bonds is 7. The van der Waals surface area contributed by atoms with E-state index in [0.29, 0.717) is 18.8 Å². The topological polar surface area (TPSA) is 52.9 Å². The smallest absolute Gasteiger partial charge is 0.130 e. The second-order valence-corrected chi connectivity index (χ2v) is 4.63. The number of ether oxygens (including phenoxy) is 3. The van der Waals surface area contributed by atoms with Crippen LogP contribution in [0.2, 0.25) is 0 Å². The molecule has 1 aromatic heterocycles. The molecule has 114 valence electrons. The molecular weight excluding hydrogens is 270 g/mol. The molecule has 0 radical (unpaired) electrons. The van der Waals surface area contributed by atoms with Crippen LogP contribution in [0.15, 0.2) is 28.7 Å². The maximum Gasteiger partial charge on any atom is 0.130 e. The second kappa shape index (κ2) is 7.04. The summed E-state index contributed by atoms with van der Waals surface area (Å²) in [5.74, 6) is 3.98. The SMILES string of the molecule is COc1cc(OC)c(CNCc2ccc(C)o2)c(OC)c1. The van der Waals surface area contributed by atoms with Gasteiger partial charge in [-0.05, 0) is 19.1 Å². The van der Waals surface area contributed by atoms with Crippen molar-refractivity contribution in [2.75, 3.05) is 21.3 Å². The average Bonchev–Trinajstić information content (AvgIpc) is 2.92. The van der Waals surface area contributed by atoms with Crippen molar-refractivity contribution in [2.45, 2.75) is 20.0 Å². The van der Waals surface area contributed by atoms with Crippen molar-refractivity contribution >= 4 is 0 Å². The van der Waals surface area contributed by atoms with E-state index in [4.69, 9.17) is 18.6 Å². The molecule has 5 heteroatoms. The van der Waals surface area contributed by atoms with Crippen LogP contribution in [0.4, 0.5) is 0 Å². The lowest BCUT2D eigenvalue weighted by molar-refractivity contribution is 0.365. The molecule has 0 unspecified atom stereocenters. The van der Waals surface area contributed by atoms with E-state index in [1.165, 1.54) is 0 Å². The lowest BCUT2D eigenvalue weighted by atomic mass is 10.1. The standard InChI is InChI=1S/C16H21NO4/c1-11-5-6-12(21-11)9-17-10-14-15(19-3)7-13(18-2)8-16(14)20-4/h5-8,17H,9-10H2,1-4H3. The average molecular weight is 291 g/mol. The Labute approximate surface area is 124 Å². The van der Waals surface area contributed by atoms with Gasteiger partial charge in [-0.3, -0.25) is 0 Å². The highest BCUT2D eigenvalue weighted by Gasteiger charge is 2.13. The Morgan fingerprint density at radius 3 is 2.10 bits per heavy atom. The van der Waals surface area contributed by atoms with E-state index in [1.54, 1.807) is 21.3 Å². The zero-order valence-corrected chi connectivity index (χ0v) is 12.9. The van der Waals surface area contributed by atoms with Gasteiger partial charge in [0.25, 0.3) is 0 Å². The van der Waals surface area contributed by atoms with Gasteiger partial charge in [0.2, 0.25) is 0 Å². The Hall–Kier alpha value is -2.14. The van der Waals surface area contributed by atoms with Crippen LogP contribution in [-0.2, 0) is 13.1 Å². The van der Waals surface area contributed by atoms with Crippen molar-refractivity contribution in [1.29, 1.82) is 0 Å². The molecule has 0 aliphatic rings. The normalized spacial score (nSPS) is 10.5. The summed E-state index contributed by atoms with van der Waals surface area (Å²) in [6.07, 6.45) is 0. The van der Waals surface area contributed by atoms with Gasteiger partial charge in [0.1, 0.15) is 28.8 Å². The summed E-state index contributed by atoms with van der Waals surface area (Å²) in [5, 5.41) is 3.32. The summed E-state index contributed by atoms with van der Waals surface area (Å²) in [4.78, 5) is 0. The number of benzene rings is 1. The summed E-state index contributed by atoms with van der Waals surface area (Å²) in [7, 11) is 4.88. The van der Waals surface area contributed by atoms with Gasteiger partial charge in [0, 0.05) is 18.7 Å². The van der Waals surface area contributed by atoms with E-state index in [-0.39, 0.29) is 0 Å². The molecule has 0 aliphatic carbocycles. The third-order valence-corrected chi connectivity index (χ3v) is 3.21. The Balaban J connectivity index is 2.10. The van der Waals surface area contributed by atoms with Crippen molar-refractivity contribution in [1.82, 2.24) is 5.32 Å². The van der Waals surface area contributed by atoms with E-state index in [9.17, 15) is 0 Å². The molecule has 1 heterocycles. The molecule has 0 saturated heterocycles. The van der Waals surface area contributed by atoms with Gasteiger partial charge in [-0.1, -0.05) is 0 Å². The quantitative estimate of drug-likeness (QED) is 0.850. The molecule has 0 aliphatic heterocycles. The summed E-state index contributed by atoms with van der Waals surface area (Å²) in [5.41, 5.74) is 0.948.